The summed E-state index contributed by atoms with van der Waals surface area (Å²) in [5.74, 6) is -0.489. The van der Waals surface area contributed by atoms with Gasteiger partial charge in [0.1, 0.15) is 5.82 Å². The summed E-state index contributed by atoms with van der Waals surface area (Å²) < 4.78 is 13.3. The Morgan fingerprint density at radius 3 is 2.56 bits per heavy atom. The van der Waals surface area contributed by atoms with Crippen molar-refractivity contribution in [3.63, 3.8) is 0 Å². The van der Waals surface area contributed by atoms with Gasteiger partial charge in [0.15, 0.2) is 0 Å². The number of carbonyl (C=O) groups excluding carboxylic acids is 1. The van der Waals surface area contributed by atoms with Crippen LogP contribution in [0.2, 0.25) is 0 Å². The van der Waals surface area contributed by atoms with Gasteiger partial charge in [-0.1, -0.05) is 18.2 Å². The fourth-order valence-corrected chi connectivity index (χ4v) is 3.58. The highest BCUT2D eigenvalue weighted by atomic mass is 32.1. The third kappa shape index (κ3) is 3.08. The van der Waals surface area contributed by atoms with Crippen molar-refractivity contribution in [3.8, 4) is 0 Å². The molecule has 0 saturated heterocycles. The topological polar surface area (TPSA) is 45.6 Å². The van der Waals surface area contributed by atoms with Gasteiger partial charge in [-0.15, -0.1) is 11.3 Å². The number of hydrogen-bond donors (Lipinski definition) is 0. The van der Waals surface area contributed by atoms with E-state index in [9.17, 15) is 9.18 Å². The SMILES string of the molecule is O=C(c1ccncc1)N1N=C(c2cccs2)C[C@H]1c1ccc(F)cc1. The zero-order chi connectivity index (χ0) is 17.2. The second kappa shape index (κ2) is 6.57. The summed E-state index contributed by atoms with van der Waals surface area (Å²) in [6.07, 6.45) is 3.77. The molecule has 0 fully saturated rings. The maximum absolute atomic E-state index is 13.3. The zero-order valence-electron chi connectivity index (χ0n) is 13.2. The molecule has 1 aliphatic heterocycles. The molecule has 0 saturated carbocycles. The largest absolute Gasteiger partial charge is 0.274 e. The van der Waals surface area contributed by atoms with E-state index in [0.717, 1.165) is 16.2 Å². The predicted octanol–water partition coefficient (Wildman–Crippen LogP) is 4.27. The number of hydrazone groups is 1. The van der Waals surface area contributed by atoms with Crippen molar-refractivity contribution in [1.29, 1.82) is 0 Å². The number of benzene rings is 1. The Morgan fingerprint density at radius 2 is 1.88 bits per heavy atom. The molecule has 25 heavy (non-hydrogen) atoms. The fourth-order valence-electron chi connectivity index (χ4n) is 2.86. The molecule has 124 valence electrons. The Balaban J connectivity index is 1.72. The number of carbonyl (C=O) groups is 1. The normalized spacial score (nSPS) is 16.8. The highest BCUT2D eigenvalue weighted by Gasteiger charge is 2.33. The molecule has 1 aliphatic rings. The van der Waals surface area contributed by atoms with Gasteiger partial charge in [0.25, 0.3) is 5.91 Å². The maximum atomic E-state index is 13.3. The van der Waals surface area contributed by atoms with Crippen molar-refractivity contribution in [2.24, 2.45) is 5.10 Å². The molecule has 0 bridgehead atoms. The van der Waals surface area contributed by atoms with Crippen LogP contribution in [0, 0.1) is 5.82 Å². The number of aromatic nitrogens is 1. The van der Waals surface area contributed by atoms with Gasteiger partial charge in [-0.25, -0.2) is 9.40 Å². The highest BCUT2D eigenvalue weighted by Crippen LogP contribution is 2.34. The van der Waals surface area contributed by atoms with Gasteiger partial charge in [0.05, 0.1) is 16.6 Å². The van der Waals surface area contributed by atoms with E-state index in [1.165, 1.54) is 17.1 Å². The minimum absolute atomic E-state index is 0.191. The molecule has 2 aromatic heterocycles. The Hall–Kier alpha value is -2.86. The number of amides is 1. The molecular weight excluding hydrogens is 337 g/mol. The molecule has 6 heteroatoms. The molecule has 1 amide bonds. The lowest BCUT2D eigenvalue weighted by atomic mass is 10.0. The highest BCUT2D eigenvalue weighted by molar-refractivity contribution is 7.12. The monoisotopic (exact) mass is 351 g/mol. The van der Waals surface area contributed by atoms with E-state index in [4.69, 9.17) is 0 Å². The summed E-state index contributed by atoms with van der Waals surface area (Å²) in [6, 6.07) is 13.3. The van der Waals surface area contributed by atoms with Crippen molar-refractivity contribution < 1.29 is 9.18 Å². The fraction of sp³-hybridized carbons (Fsp3) is 0.105. The smallest absolute Gasteiger partial charge is 0.267 e. The third-order valence-corrected chi connectivity index (χ3v) is 5.02. The summed E-state index contributed by atoms with van der Waals surface area (Å²) in [7, 11) is 0. The van der Waals surface area contributed by atoms with E-state index in [2.05, 4.69) is 10.1 Å². The van der Waals surface area contributed by atoms with Crippen LogP contribution in [0.25, 0.3) is 0 Å². The van der Waals surface area contributed by atoms with Crippen LogP contribution in [-0.4, -0.2) is 21.6 Å². The van der Waals surface area contributed by atoms with Crippen molar-refractivity contribution in [1.82, 2.24) is 9.99 Å². The van der Waals surface area contributed by atoms with Gasteiger partial charge in [0, 0.05) is 24.4 Å². The Labute approximate surface area is 148 Å². The summed E-state index contributed by atoms with van der Waals surface area (Å²) >= 11 is 1.59. The molecule has 0 spiro atoms. The first kappa shape index (κ1) is 15.7. The second-order valence-electron chi connectivity index (χ2n) is 5.68. The van der Waals surface area contributed by atoms with Gasteiger partial charge in [-0.2, -0.15) is 5.10 Å². The van der Waals surface area contributed by atoms with E-state index in [1.54, 1.807) is 48.0 Å². The molecular formula is C19H14FN3OS. The van der Waals surface area contributed by atoms with Crippen molar-refractivity contribution in [3.05, 3.63) is 88.1 Å². The average molecular weight is 351 g/mol. The first-order valence-electron chi connectivity index (χ1n) is 7.83. The van der Waals surface area contributed by atoms with Gasteiger partial charge >= 0.3 is 0 Å². The lowest BCUT2D eigenvalue weighted by Crippen LogP contribution is -2.27. The zero-order valence-corrected chi connectivity index (χ0v) is 14.0. The number of hydrogen-bond acceptors (Lipinski definition) is 4. The van der Waals surface area contributed by atoms with E-state index in [1.807, 2.05) is 17.5 Å². The summed E-state index contributed by atoms with van der Waals surface area (Å²) in [6.45, 7) is 0. The first-order valence-corrected chi connectivity index (χ1v) is 8.71. The van der Waals surface area contributed by atoms with Gasteiger partial charge in [-0.3, -0.25) is 9.78 Å². The predicted molar refractivity (Wildman–Crippen MR) is 95.0 cm³/mol. The molecule has 3 heterocycles. The quantitative estimate of drug-likeness (QED) is 0.707. The number of thiophene rings is 1. The summed E-state index contributed by atoms with van der Waals surface area (Å²) in [5, 5.41) is 8.07. The van der Waals surface area contributed by atoms with Gasteiger partial charge < -0.3 is 0 Å². The molecule has 4 rings (SSSR count). The summed E-state index contributed by atoms with van der Waals surface area (Å²) in [5.41, 5.74) is 2.25. The average Bonchev–Trinajstić information content (AvgIpc) is 3.32. The number of halogens is 1. The van der Waals surface area contributed by atoms with Crippen molar-refractivity contribution in [2.45, 2.75) is 12.5 Å². The van der Waals surface area contributed by atoms with Crippen LogP contribution in [-0.2, 0) is 0 Å². The third-order valence-electron chi connectivity index (χ3n) is 4.11. The van der Waals surface area contributed by atoms with Crippen LogP contribution in [0.15, 0.2) is 71.4 Å². The molecule has 0 aliphatic carbocycles. The van der Waals surface area contributed by atoms with Crippen molar-refractivity contribution in [2.75, 3.05) is 0 Å². The number of pyridine rings is 1. The number of rotatable bonds is 3. The summed E-state index contributed by atoms with van der Waals surface area (Å²) in [4.78, 5) is 17.9. The Bertz CT molecular complexity index is 908. The molecule has 0 radical (unpaired) electrons. The molecule has 0 N–H and O–H groups in total. The Kier molecular flexibility index (Phi) is 4.11. The molecule has 3 aromatic rings. The molecule has 1 atom stereocenters. The Morgan fingerprint density at radius 1 is 1.12 bits per heavy atom. The lowest BCUT2D eigenvalue weighted by Gasteiger charge is -2.22. The molecule has 0 unspecified atom stereocenters. The van der Waals surface area contributed by atoms with Gasteiger partial charge in [-0.05, 0) is 41.3 Å². The van der Waals surface area contributed by atoms with Crippen LogP contribution < -0.4 is 0 Å². The van der Waals surface area contributed by atoms with Crippen LogP contribution in [0.3, 0.4) is 0 Å². The molecule has 1 aromatic carbocycles. The lowest BCUT2D eigenvalue weighted by molar-refractivity contribution is 0.0711. The first-order chi connectivity index (χ1) is 12.2. The number of nitrogens with zero attached hydrogens (tertiary/aromatic N) is 3. The van der Waals surface area contributed by atoms with E-state index < -0.39 is 0 Å². The molecule has 4 nitrogen and oxygen atoms in total. The van der Waals surface area contributed by atoms with Gasteiger partial charge in [0.2, 0.25) is 0 Å². The van der Waals surface area contributed by atoms with E-state index in [-0.39, 0.29) is 17.8 Å². The van der Waals surface area contributed by atoms with Crippen LogP contribution in [0.1, 0.15) is 33.3 Å². The van der Waals surface area contributed by atoms with Crippen LogP contribution in [0.5, 0.6) is 0 Å². The van der Waals surface area contributed by atoms with Crippen molar-refractivity contribution >= 4 is 23.0 Å². The minimum atomic E-state index is -0.298. The minimum Gasteiger partial charge on any atom is -0.267 e. The maximum Gasteiger partial charge on any atom is 0.274 e. The second-order valence-corrected chi connectivity index (χ2v) is 6.63. The van der Waals surface area contributed by atoms with E-state index in [0.29, 0.717) is 12.0 Å². The standard InChI is InChI=1S/C19H14FN3OS/c20-15-5-3-13(4-6-15)17-12-16(18-2-1-11-25-18)22-23(17)19(24)14-7-9-21-10-8-14/h1-11,17H,12H2/t17-/m0/s1. The van der Waals surface area contributed by atoms with E-state index >= 15 is 0 Å². The van der Waals surface area contributed by atoms with Crippen LogP contribution in [0.4, 0.5) is 4.39 Å². The van der Waals surface area contributed by atoms with Crippen LogP contribution >= 0.6 is 11.3 Å².